The highest BCUT2D eigenvalue weighted by Crippen LogP contribution is 2.43. The molecule has 2 aliphatic rings. The van der Waals surface area contributed by atoms with Gasteiger partial charge >= 0.3 is 0 Å². The zero-order chi connectivity index (χ0) is 14.2. The molecule has 1 aliphatic carbocycles. The Morgan fingerprint density at radius 1 is 1.40 bits per heavy atom. The molecule has 2 fully saturated rings. The minimum atomic E-state index is 0.00287. The number of aryl methyl sites for hydroxylation is 1. The third-order valence-corrected chi connectivity index (χ3v) is 4.67. The van der Waals surface area contributed by atoms with Crippen LogP contribution in [0.3, 0.4) is 0 Å². The zero-order valence-electron chi connectivity index (χ0n) is 12.5. The number of ether oxygens (including phenoxy) is 2. The molecule has 1 unspecified atom stereocenters. The molecule has 1 saturated carbocycles. The average molecular weight is 275 g/mol. The normalized spacial score (nSPS) is 26.1. The molecule has 110 valence electrons. The van der Waals surface area contributed by atoms with Gasteiger partial charge in [-0.05, 0) is 44.7 Å². The smallest absolute Gasteiger partial charge is 0.124 e. The first kappa shape index (κ1) is 13.9. The highest BCUT2D eigenvalue weighted by atomic mass is 16.5. The fourth-order valence-corrected chi connectivity index (χ4v) is 3.30. The maximum Gasteiger partial charge on any atom is 0.124 e. The lowest BCUT2D eigenvalue weighted by Gasteiger charge is -2.47. The van der Waals surface area contributed by atoms with Crippen molar-refractivity contribution in [2.75, 3.05) is 6.61 Å². The molecule has 1 aromatic carbocycles. The molecule has 3 rings (SSSR count). The lowest BCUT2D eigenvalue weighted by molar-refractivity contribution is -0.153. The van der Waals surface area contributed by atoms with Crippen molar-refractivity contribution in [3.05, 3.63) is 29.3 Å². The molecule has 20 heavy (non-hydrogen) atoms. The summed E-state index contributed by atoms with van der Waals surface area (Å²) in [5.41, 5.74) is 8.50. The summed E-state index contributed by atoms with van der Waals surface area (Å²) >= 11 is 0. The predicted octanol–water partition coefficient (Wildman–Crippen LogP) is 3.50. The van der Waals surface area contributed by atoms with Gasteiger partial charge in [0.2, 0.25) is 0 Å². The maximum absolute atomic E-state index is 6.30. The van der Waals surface area contributed by atoms with E-state index in [4.69, 9.17) is 15.2 Å². The molecule has 2 N–H and O–H groups in total. The van der Waals surface area contributed by atoms with Crippen LogP contribution in [0.25, 0.3) is 0 Å². The Balaban J connectivity index is 1.75. The first-order chi connectivity index (χ1) is 9.58. The van der Waals surface area contributed by atoms with Crippen molar-refractivity contribution in [1.82, 2.24) is 0 Å². The Morgan fingerprint density at radius 2 is 2.20 bits per heavy atom. The van der Waals surface area contributed by atoms with Gasteiger partial charge in [0.1, 0.15) is 11.9 Å². The van der Waals surface area contributed by atoms with Gasteiger partial charge in [0.15, 0.2) is 0 Å². The van der Waals surface area contributed by atoms with Crippen molar-refractivity contribution in [2.24, 2.45) is 5.73 Å². The van der Waals surface area contributed by atoms with Crippen LogP contribution < -0.4 is 10.5 Å². The van der Waals surface area contributed by atoms with Crippen molar-refractivity contribution in [3.63, 3.8) is 0 Å². The Bertz CT molecular complexity index is 480. The van der Waals surface area contributed by atoms with E-state index < -0.39 is 0 Å². The van der Waals surface area contributed by atoms with Gasteiger partial charge in [0.05, 0.1) is 12.2 Å². The molecule has 0 amide bonds. The van der Waals surface area contributed by atoms with Crippen molar-refractivity contribution in [1.29, 1.82) is 0 Å². The summed E-state index contributed by atoms with van der Waals surface area (Å²) in [6, 6.07) is 6.31. The third kappa shape index (κ3) is 2.70. The lowest BCUT2D eigenvalue weighted by Crippen LogP contribution is -2.48. The molecule has 1 aliphatic heterocycles. The van der Waals surface area contributed by atoms with E-state index in [2.05, 4.69) is 25.1 Å². The topological polar surface area (TPSA) is 44.5 Å². The van der Waals surface area contributed by atoms with Crippen LogP contribution in [0.2, 0.25) is 0 Å². The summed E-state index contributed by atoms with van der Waals surface area (Å²) in [7, 11) is 0. The molecular weight excluding hydrogens is 250 g/mol. The fraction of sp³-hybridized carbons (Fsp3) is 0.647. The highest BCUT2D eigenvalue weighted by molar-refractivity contribution is 5.39. The van der Waals surface area contributed by atoms with E-state index in [1.165, 1.54) is 24.8 Å². The average Bonchev–Trinajstić information content (AvgIpc) is 2.37. The number of rotatable bonds is 3. The maximum atomic E-state index is 6.30. The molecule has 1 aromatic rings. The second-order valence-electron chi connectivity index (χ2n) is 6.45. The van der Waals surface area contributed by atoms with E-state index in [0.29, 0.717) is 0 Å². The van der Waals surface area contributed by atoms with E-state index in [1.54, 1.807) is 0 Å². The van der Waals surface area contributed by atoms with Gasteiger partial charge in [-0.15, -0.1) is 0 Å². The summed E-state index contributed by atoms with van der Waals surface area (Å²) in [4.78, 5) is 0. The molecule has 1 heterocycles. The number of benzene rings is 1. The van der Waals surface area contributed by atoms with Crippen LogP contribution in [0.1, 0.15) is 56.2 Å². The molecule has 0 aromatic heterocycles. The van der Waals surface area contributed by atoms with Gasteiger partial charge in [0.25, 0.3) is 0 Å². The standard InChI is InChI=1S/C17H25NO2/c1-12-4-5-15(13(2)18)16(10-12)20-14-6-9-19-17(11-14)7-3-8-17/h4-5,10,13-14H,3,6-9,11,18H2,1-2H3/t13-,14?/m1/s1. The second kappa shape index (κ2) is 5.38. The summed E-state index contributed by atoms with van der Waals surface area (Å²) in [6.07, 6.45) is 5.96. The van der Waals surface area contributed by atoms with Crippen molar-refractivity contribution < 1.29 is 9.47 Å². The molecule has 2 atom stereocenters. The van der Waals surface area contributed by atoms with E-state index in [1.807, 2.05) is 6.92 Å². The van der Waals surface area contributed by atoms with Crippen molar-refractivity contribution in [3.8, 4) is 5.75 Å². The first-order valence-electron chi connectivity index (χ1n) is 7.75. The van der Waals surface area contributed by atoms with Gasteiger partial charge in [-0.25, -0.2) is 0 Å². The zero-order valence-corrected chi connectivity index (χ0v) is 12.5. The third-order valence-electron chi connectivity index (χ3n) is 4.67. The second-order valence-corrected chi connectivity index (χ2v) is 6.45. The molecule has 3 heteroatoms. The number of hydrogen-bond donors (Lipinski definition) is 1. The Kier molecular flexibility index (Phi) is 3.74. The molecular formula is C17H25NO2. The van der Waals surface area contributed by atoms with Crippen LogP contribution >= 0.6 is 0 Å². The van der Waals surface area contributed by atoms with Gasteiger partial charge in [0, 0.05) is 24.4 Å². The predicted molar refractivity (Wildman–Crippen MR) is 80.0 cm³/mol. The summed E-state index contributed by atoms with van der Waals surface area (Å²) in [5.74, 6) is 0.960. The van der Waals surface area contributed by atoms with Gasteiger partial charge in [-0.3, -0.25) is 0 Å². The summed E-state index contributed by atoms with van der Waals surface area (Å²) in [6.45, 7) is 4.92. The summed E-state index contributed by atoms with van der Waals surface area (Å²) in [5, 5.41) is 0. The van der Waals surface area contributed by atoms with Crippen LogP contribution in [0.5, 0.6) is 5.75 Å². The van der Waals surface area contributed by atoms with Gasteiger partial charge < -0.3 is 15.2 Å². The van der Waals surface area contributed by atoms with E-state index in [-0.39, 0.29) is 17.7 Å². The first-order valence-corrected chi connectivity index (χ1v) is 7.75. The number of nitrogens with two attached hydrogens (primary N) is 1. The molecule has 0 bridgehead atoms. The van der Waals surface area contributed by atoms with Crippen LogP contribution in [0, 0.1) is 6.92 Å². The molecule has 3 nitrogen and oxygen atoms in total. The number of hydrogen-bond acceptors (Lipinski definition) is 3. The molecule has 0 radical (unpaired) electrons. The quantitative estimate of drug-likeness (QED) is 0.918. The minimum Gasteiger partial charge on any atom is -0.490 e. The summed E-state index contributed by atoms with van der Waals surface area (Å²) < 4.78 is 12.3. The van der Waals surface area contributed by atoms with Crippen molar-refractivity contribution in [2.45, 2.75) is 63.7 Å². The Hall–Kier alpha value is -1.06. The lowest BCUT2D eigenvalue weighted by atomic mass is 9.74. The Morgan fingerprint density at radius 3 is 2.85 bits per heavy atom. The van der Waals surface area contributed by atoms with Crippen LogP contribution in [-0.2, 0) is 4.74 Å². The van der Waals surface area contributed by atoms with Crippen molar-refractivity contribution >= 4 is 0 Å². The highest BCUT2D eigenvalue weighted by Gasteiger charge is 2.43. The van der Waals surface area contributed by atoms with Crippen LogP contribution in [0.15, 0.2) is 18.2 Å². The van der Waals surface area contributed by atoms with Gasteiger partial charge in [-0.1, -0.05) is 12.1 Å². The monoisotopic (exact) mass is 275 g/mol. The van der Waals surface area contributed by atoms with E-state index >= 15 is 0 Å². The fourth-order valence-electron chi connectivity index (χ4n) is 3.30. The van der Waals surface area contributed by atoms with E-state index in [9.17, 15) is 0 Å². The largest absolute Gasteiger partial charge is 0.490 e. The molecule has 1 saturated heterocycles. The van der Waals surface area contributed by atoms with Crippen LogP contribution in [0.4, 0.5) is 0 Å². The van der Waals surface area contributed by atoms with Gasteiger partial charge in [-0.2, -0.15) is 0 Å². The van der Waals surface area contributed by atoms with E-state index in [0.717, 1.165) is 30.8 Å². The van der Waals surface area contributed by atoms with Crippen LogP contribution in [-0.4, -0.2) is 18.3 Å². The molecule has 1 spiro atoms. The SMILES string of the molecule is Cc1ccc([C@@H](C)N)c(OC2CCOC3(CCC3)C2)c1. The Labute approximate surface area is 121 Å². The minimum absolute atomic E-state index is 0.00287.